The van der Waals surface area contributed by atoms with Crippen molar-refractivity contribution in [2.24, 2.45) is 29.6 Å². The minimum atomic E-state index is 0.699. The van der Waals surface area contributed by atoms with Crippen molar-refractivity contribution < 1.29 is 9.68 Å². The number of nitrogens with one attached hydrogen (secondary N) is 1. The lowest BCUT2D eigenvalue weighted by Crippen LogP contribution is -2.30. The maximum absolute atomic E-state index is 5.62. The van der Waals surface area contributed by atoms with E-state index in [2.05, 4.69) is 62.6 Å². The van der Waals surface area contributed by atoms with E-state index in [1.54, 1.807) is 0 Å². The van der Waals surface area contributed by atoms with Gasteiger partial charge in [-0.2, -0.15) is 0 Å². The van der Waals surface area contributed by atoms with Gasteiger partial charge in [0.1, 0.15) is 0 Å². The third-order valence-corrected chi connectivity index (χ3v) is 10.2. The summed E-state index contributed by atoms with van der Waals surface area (Å²) < 4.78 is 0. The number of nitrogens with two attached hydrogens (primary N) is 1. The van der Waals surface area contributed by atoms with Crippen LogP contribution in [0.2, 0.25) is 0 Å². The molecule has 0 aromatic carbocycles. The Morgan fingerprint density at radius 1 is 0.630 bits per heavy atom. The number of unbranched alkanes of at least 4 members (excludes halogenated alkanes) is 17. The molecule has 1 aliphatic rings. The van der Waals surface area contributed by atoms with E-state index in [9.17, 15) is 0 Å². The highest BCUT2D eigenvalue weighted by atomic mass is 16.6. The maximum Gasteiger partial charge on any atom is 0.0682 e. The van der Waals surface area contributed by atoms with Crippen LogP contribution in [0, 0.1) is 23.7 Å². The van der Waals surface area contributed by atoms with Gasteiger partial charge in [-0.3, -0.25) is 0 Å². The molecule has 4 unspecified atom stereocenters. The standard InChI is InChI=1S/C41H81N3O2/c1-5-7-9-21-28-38-32-33-39(29-22-17-14-16-20-26-37-46-43-34-27-35-44(3)4)41(40(38)30-23-10-8-6-2)31-24-18-13-11-12-15-19-25-36-45-42/h24,31-33,38-41,43H,5-23,25-30,34-37,42H2,1-4H3. The van der Waals surface area contributed by atoms with Crippen molar-refractivity contribution in [2.75, 3.05) is 40.4 Å². The lowest BCUT2D eigenvalue weighted by molar-refractivity contribution is 0.0371. The van der Waals surface area contributed by atoms with Gasteiger partial charge in [0.15, 0.2) is 0 Å². The second-order valence-corrected chi connectivity index (χ2v) is 14.7. The number of allylic oxidation sites excluding steroid dienone is 4. The molecule has 5 nitrogen and oxygen atoms in total. The van der Waals surface area contributed by atoms with Crippen molar-refractivity contribution in [3.05, 3.63) is 24.3 Å². The smallest absolute Gasteiger partial charge is 0.0682 e. The van der Waals surface area contributed by atoms with Gasteiger partial charge in [-0.1, -0.05) is 147 Å². The largest absolute Gasteiger partial charge is 0.309 e. The predicted octanol–water partition coefficient (Wildman–Crippen LogP) is 11.3. The van der Waals surface area contributed by atoms with Crippen LogP contribution in [-0.4, -0.2) is 45.3 Å². The first kappa shape index (κ1) is 43.3. The van der Waals surface area contributed by atoms with E-state index in [1.807, 2.05) is 0 Å². The van der Waals surface area contributed by atoms with Gasteiger partial charge in [0, 0.05) is 6.54 Å². The molecule has 3 N–H and O–H groups in total. The molecule has 5 heteroatoms. The Kier molecular flexibility index (Phi) is 30.9. The molecule has 4 atom stereocenters. The van der Waals surface area contributed by atoms with Crippen molar-refractivity contribution in [1.82, 2.24) is 10.4 Å². The van der Waals surface area contributed by atoms with Crippen LogP contribution in [0.3, 0.4) is 0 Å². The summed E-state index contributed by atoms with van der Waals surface area (Å²) in [6.45, 7) is 8.26. The van der Waals surface area contributed by atoms with Crippen LogP contribution in [0.25, 0.3) is 0 Å². The maximum atomic E-state index is 5.62. The lowest BCUT2D eigenvalue weighted by Gasteiger charge is -2.39. The summed E-state index contributed by atoms with van der Waals surface area (Å²) >= 11 is 0. The molecule has 272 valence electrons. The number of hydroxylamine groups is 1. The van der Waals surface area contributed by atoms with Crippen LogP contribution in [0.15, 0.2) is 24.3 Å². The first-order valence-electron chi connectivity index (χ1n) is 20.3. The van der Waals surface area contributed by atoms with Crippen molar-refractivity contribution in [1.29, 1.82) is 0 Å². The lowest BCUT2D eigenvalue weighted by atomic mass is 9.66. The highest BCUT2D eigenvalue weighted by molar-refractivity contribution is 5.10. The molecule has 46 heavy (non-hydrogen) atoms. The second kappa shape index (κ2) is 32.8. The van der Waals surface area contributed by atoms with Crippen LogP contribution in [0.4, 0.5) is 0 Å². The fourth-order valence-electron chi connectivity index (χ4n) is 7.35. The van der Waals surface area contributed by atoms with Crippen molar-refractivity contribution in [3.63, 3.8) is 0 Å². The Morgan fingerprint density at radius 3 is 1.83 bits per heavy atom. The van der Waals surface area contributed by atoms with Gasteiger partial charge in [0.2, 0.25) is 0 Å². The summed E-state index contributed by atoms with van der Waals surface area (Å²) in [5.74, 6) is 8.25. The van der Waals surface area contributed by atoms with Crippen LogP contribution < -0.4 is 11.4 Å². The van der Waals surface area contributed by atoms with Gasteiger partial charge in [0.05, 0.1) is 13.2 Å². The number of nitrogens with zero attached hydrogens (tertiary/aromatic N) is 1. The molecule has 0 radical (unpaired) electrons. The first-order chi connectivity index (χ1) is 22.6. The van der Waals surface area contributed by atoms with E-state index >= 15 is 0 Å². The molecule has 0 fully saturated rings. The highest BCUT2D eigenvalue weighted by Gasteiger charge is 2.33. The summed E-state index contributed by atoms with van der Waals surface area (Å²) in [6, 6.07) is 0. The van der Waals surface area contributed by atoms with Gasteiger partial charge < -0.3 is 14.6 Å². The molecule has 0 aromatic rings. The van der Waals surface area contributed by atoms with E-state index in [-0.39, 0.29) is 0 Å². The Hall–Kier alpha value is -0.720. The summed E-state index contributed by atoms with van der Waals surface area (Å²) in [7, 11) is 4.24. The SMILES string of the molecule is CCCCCCC1C=CC(CCCCCCCCONCCCN(C)C)C(C=CCCCCCCCCON)C1CCCCCC. The van der Waals surface area contributed by atoms with Crippen LogP contribution >= 0.6 is 0 Å². The predicted molar refractivity (Wildman–Crippen MR) is 202 cm³/mol. The molecule has 0 saturated carbocycles. The topological polar surface area (TPSA) is 59.8 Å². The second-order valence-electron chi connectivity index (χ2n) is 14.7. The fraction of sp³-hybridized carbons (Fsp3) is 0.902. The van der Waals surface area contributed by atoms with Gasteiger partial charge in [-0.25, -0.2) is 11.4 Å². The summed E-state index contributed by atoms with van der Waals surface area (Å²) in [5.41, 5.74) is 3.12. The minimum Gasteiger partial charge on any atom is -0.309 e. The minimum absolute atomic E-state index is 0.699. The van der Waals surface area contributed by atoms with E-state index in [4.69, 9.17) is 15.6 Å². The van der Waals surface area contributed by atoms with E-state index in [1.165, 1.54) is 148 Å². The molecule has 0 spiro atoms. The zero-order valence-electron chi connectivity index (χ0n) is 31.5. The molecular weight excluding hydrogens is 566 g/mol. The molecule has 0 bridgehead atoms. The van der Waals surface area contributed by atoms with Gasteiger partial charge in [-0.15, -0.1) is 0 Å². The molecule has 0 amide bonds. The fourth-order valence-corrected chi connectivity index (χ4v) is 7.35. The Labute approximate surface area is 288 Å². The Bertz CT molecular complexity index is 683. The van der Waals surface area contributed by atoms with Crippen molar-refractivity contribution >= 4 is 0 Å². The van der Waals surface area contributed by atoms with E-state index in [0.717, 1.165) is 56.2 Å². The third kappa shape index (κ3) is 24.4. The summed E-state index contributed by atoms with van der Waals surface area (Å²) in [5, 5.41) is 0. The van der Waals surface area contributed by atoms with Crippen LogP contribution in [0.5, 0.6) is 0 Å². The van der Waals surface area contributed by atoms with Gasteiger partial charge >= 0.3 is 0 Å². The van der Waals surface area contributed by atoms with E-state index < -0.39 is 0 Å². The summed E-state index contributed by atoms with van der Waals surface area (Å²) in [6.07, 6.45) is 43.9. The highest BCUT2D eigenvalue weighted by Crippen LogP contribution is 2.43. The monoisotopic (exact) mass is 648 g/mol. The molecular formula is C41H81N3O2. The molecule has 0 saturated heterocycles. The van der Waals surface area contributed by atoms with Crippen LogP contribution in [0.1, 0.15) is 174 Å². The van der Waals surface area contributed by atoms with Gasteiger partial charge in [0.25, 0.3) is 0 Å². The molecule has 0 heterocycles. The number of rotatable bonds is 34. The van der Waals surface area contributed by atoms with Crippen molar-refractivity contribution in [3.8, 4) is 0 Å². The first-order valence-corrected chi connectivity index (χ1v) is 20.3. The molecule has 0 aromatic heterocycles. The van der Waals surface area contributed by atoms with Gasteiger partial charge in [-0.05, 0) is 95.7 Å². The zero-order chi connectivity index (χ0) is 33.3. The quantitative estimate of drug-likeness (QED) is 0.0413. The zero-order valence-corrected chi connectivity index (χ0v) is 31.5. The number of hydrogen-bond acceptors (Lipinski definition) is 5. The molecule has 0 aliphatic heterocycles. The third-order valence-electron chi connectivity index (χ3n) is 10.2. The summed E-state index contributed by atoms with van der Waals surface area (Å²) in [4.78, 5) is 12.5. The van der Waals surface area contributed by atoms with Crippen LogP contribution in [-0.2, 0) is 9.68 Å². The average Bonchev–Trinajstić information content (AvgIpc) is 3.05. The van der Waals surface area contributed by atoms with E-state index in [0.29, 0.717) is 6.61 Å². The average molecular weight is 648 g/mol. The molecule has 1 aliphatic carbocycles. The number of hydrogen-bond donors (Lipinski definition) is 2. The molecule has 1 rings (SSSR count). The normalized spacial score (nSPS) is 20.0. The Morgan fingerprint density at radius 2 is 1.17 bits per heavy atom. The van der Waals surface area contributed by atoms with Crippen molar-refractivity contribution in [2.45, 2.75) is 174 Å². The Balaban J connectivity index is 2.57.